The maximum absolute atomic E-state index is 13.1. The minimum absolute atomic E-state index is 0.0821. The Bertz CT molecular complexity index is 1070. The van der Waals surface area contributed by atoms with E-state index in [-0.39, 0.29) is 37.0 Å². The average Bonchev–Trinajstić information content (AvgIpc) is 3.19. The van der Waals surface area contributed by atoms with E-state index in [1.165, 1.54) is 11.3 Å². The molecule has 1 spiro atoms. The Morgan fingerprint density at radius 1 is 1.24 bits per heavy atom. The average molecular weight is 414 g/mol. The van der Waals surface area contributed by atoms with E-state index in [2.05, 4.69) is 10.3 Å². The van der Waals surface area contributed by atoms with Gasteiger partial charge in [-0.25, -0.2) is 4.98 Å². The van der Waals surface area contributed by atoms with Gasteiger partial charge in [0, 0.05) is 25.9 Å². The van der Waals surface area contributed by atoms with Crippen molar-refractivity contribution in [3.05, 3.63) is 18.2 Å². The molecule has 1 aromatic carbocycles. The van der Waals surface area contributed by atoms with Crippen molar-refractivity contribution in [1.82, 2.24) is 15.2 Å². The summed E-state index contributed by atoms with van der Waals surface area (Å²) >= 11 is 1.51. The zero-order valence-corrected chi connectivity index (χ0v) is 16.5. The molecule has 1 N–H and O–H groups in total. The number of anilines is 1. The summed E-state index contributed by atoms with van der Waals surface area (Å²) in [4.78, 5) is 56.8. The highest BCUT2D eigenvalue weighted by Crippen LogP contribution is 2.46. The minimum atomic E-state index is -0.893. The van der Waals surface area contributed by atoms with Crippen molar-refractivity contribution in [3.8, 4) is 5.75 Å². The van der Waals surface area contributed by atoms with Gasteiger partial charge in [0.15, 0.2) is 5.13 Å². The smallest absolute Gasteiger partial charge is 0.249 e. The molecule has 29 heavy (non-hydrogen) atoms. The van der Waals surface area contributed by atoms with Crippen LogP contribution < -0.4 is 15.0 Å². The lowest BCUT2D eigenvalue weighted by atomic mass is 9.78. The predicted octanol–water partition coefficient (Wildman–Crippen LogP) is 0.675. The molecule has 0 saturated carbocycles. The van der Waals surface area contributed by atoms with Crippen molar-refractivity contribution < 1.29 is 23.9 Å². The van der Waals surface area contributed by atoms with Crippen molar-refractivity contribution in [2.24, 2.45) is 5.41 Å². The Morgan fingerprint density at radius 2 is 2.03 bits per heavy atom. The number of ether oxygens (including phenoxy) is 1. The van der Waals surface area contributed by atoms with Crippen molar-refractivity contribution in [3.63, 3.8) is 0 Å². The van der Waals surface area contributed by atoms with Crippen LogP contribution in [0.25, 0.3) is 10.2 Å². The molecule has 10 heteroatoms. The number of rotatable bonds is 3. The van der Waals surface area contributed by atoms with Crippen LogP contribution in [0.5, 0.6) is 5.75 Å². The third-order valence-electron chi connectivity index (χ3n) is 5.79. The first kappa shape index (κ1) is 18.0. The number of hydrogen-bond donors (Lipinski definition) is 1. The fraction of sp³-hybridized carbons (Fsp3) is 0.421. The number of nitrogens with zero attached hydrogens (tertiary/aromatic N) is 3. The Morgan fingerprint density at radius 3 is 2.76 bits per heavy atom. The summed E-state index contributed by atoms with van der Waals surface area (Å²) in [6, 6.07) is 4.76. The first-order valence-electron chi connectivity index (χ1n) is 9.30. The van der Waals surface area contributed by atoms with Gasteiger partial charge in [0.05, 0.1) is 22.7 Å². The number of fused-ring (bicyclic) bond motifs is 1. The molecule has 0 aliphatic carbocycles. The summed E-state index contributed by atoms with van der Waals surface area (Å²) in [5.41, 5.74) is 0.0414. The number of piperidine rings is 1. The second-order valence-electron chi connectivity index (χ2n) is 7.68. The topological polar surface area (TPSA) is 109 Å². The lowest BCUT2D eigenvalue weighted by Gasteiger charge is -2.46. The third-order valence-corrected chi connectivity index (χ3v) is 6.87. The van der Waals surface area contributed by atoms with E-state index in [1.807, 2.05) is 23.1 Å². The van der Waals surface area contributed by atoms with Crippen LogP contribution in [0.2, 0.25) is 0 Å². The van der Waals surface area contributed by atoms with Crippen LogP contribution in [0.15, 0.2) is 18.2 Å². The van der Waals surface area contributed by atoms with E-state index in [1.54, 1.807) is 7.11 Å². The second-order valence-corrected chi connectivity index (χ2v) is 8.69. The van der Waals surface area contributed by atoms with E-state index in [0.29, 0.717) is 13.1 Å². The number of methoxy groups -OCH3 is 1. The molecule has 3 saturated heterocycles. The maximum Gasteiger partial charge on any atom is 0.249 e. The molecule has 1 unspecified atom stereocenters. The Balaban J connectivity index is 1.34. The lowest BCUT2D eigenvalue weighted by molar-refractivity contribution is -0.152. The minimum Gasteiger partial charge on any atom is -0.497 e. The Labute approximate surface area is 169 Å². The molecule has 150 valence electrons. The highest BCUT2D eigenvalue weighted by atomic mass is 32.1. The van der Waals surface area contributed by atoms with Gasteiger partial charge in [-0.3, -0.25) is 29.4 Å². The van der Waals surface area contributed by atoms with Gasteiger partial charge in [0.25, 0.3) is 0 Å². The predicted molar refractivity (Wildman–Crippen MR) is 103 cm³/mol. The van der Waals surface area contributed by atoms with Gasteiger partial charge in [-0.15, -0.1) is 0 Å². The van der Waals surface area contributed by atoms with E-state index in [9.17, 15) is 19.2 Å². The number of hydrogen-bond acceptors (Lipinski definition) is 8. The number of imide groups is 2. The molecule has 0 radical (unpaired) electrons. The van der Waals surface area contributed by atoms with Crippen LogP contribution in [-0.4, -0.2) is 59.8 Å². The van der Waals surface area contributed by atoms with Crippen molar-refractivity contribution in [1.29, 1.82) is 0 Å². The zero-order valence-electron chi connectivity index (χ0n) is 15.6. The summed E-state index contributed by atoms with van der Waals surface area (Å²) in [5.74, 6) is -0.864. The lowest BCUT2D eigenvalue weighted by Crippen LogP contribution is -2.62. The monoisotopic (exact) mass is 414 g/mol. The molecule has 5 rings (SSSR count). The van der Waals surface area contributed by atoms with E-state index in [0.717, 1.165) is 26.0 Å². The number of nitrogens with one attached hydrogen (secondary N) is 1. The van der Waals surface area contributed by atoms with Crippen LogP contribution in [-0.2, 0) is 19.2 Å². The molecule has 4 heterocycles. The summed E-state index contributed by atoms with van der Waals surface area (Å²) in [5, 5.41) is 3.01. The second kappa shape index (κ2) is 6.24. The van der Waals surface area contributed by atoms with Gasteiger partial charge in [0.1, 0.15) is 11.8 Å². The maximum atomic E-state index is 13.1. The molecule has 0 bridgehead atoms. The van der Waals surface area contributed by atoms with Gasteiger partial charge >= 0.3 is 0 Å². The quantitative estimate of drug-likeness (QED) is 0.736. The number of carbonyl (C=O) groups excluding carboxylic acids is 4. The number of carbonyl (C=O) groups is 4. The molecule has 9 nitrogen and oxygen atoms in total. The first-order valence-corrected chi connectivity index (χ1v) is 10.1. The normalized spacial score (nSPS) is 23.7. The number of thiazole rings is 1. The Hall–Kier alpha value is -3.01. The summed E-state index contributed by atoms with van der Waals surface area (Å²) in [6.45, 7) is 0.774. The standard InChI is InChI=1S/C19H18N4O5S/c1-28-10-2-3-11-13(6-10)29-18(20-11)22-8-19(9-22)7-15(25)23(17(19)27)12-4-5-14(24)21-16(12)26/h2-3,6,12H,4-5,7-9H2,1H3,(H,21,24,26). The van der Waals surface area contributed by atoms with Crippen molar-refractivity contribution in [2.75, 3.05) is 25.1 Å². The largest absolute Gasteiger partial charge is 0.497 e. The van der Waals surface area contributed by atoms with E-state index < -0.39 is 17.4 Å². The van der Waals surface area contributed by atoms with Crippen LogP contribution >= 0.6 is 11.3 Å². The number of likely N-dealkylation sites (tertiary alicyclic amines) is 1. The molecular formula is C19H18N4O5S. The molecule has 3 fully saturated rings. The highest BCUT2D eigenvalue weighted by Gasteiger charge is 2.61. The van der Waals surface area contributed by atoms with Gasteiger partial charge in [-0.1, -0.05) is 11.3 Å². The van der Waals surface area contributed by atoms with Crippen molar-refractivity contribution in [2.45, 2.75) is 25.3 Å². The van der Waals surface area contributed by atoms with E-state index in [4.69, 9.17) is 4.74 Å². The molecule has 2 aromatic rings. The first-order chi connectivity index (χ1) is 13.9. The van der Waals surface area contributed by atoms with Gasteiger partial charge in [-0.05, 0) is 24.6 Å². The molecule has 1 aromatic heterocycles. The van der Waals surface area contributed by atoms with Crippen LogP contribution in [0.1, 0.15) is 19.3 Å². The van der Waals surface area contributed by atoms with Crippen molar-refractivity contribution >= 4 is 50.3 Å². The van der Waals surface area contributed by atoms with Crippen LogP contribution in [0, 0.1) is 5.41 Å². The van der Waals surface area contributed by atoms with Gasteiger partial charge < -0.3 is 9.64 Å². The number of aromatic nitrogens is 1. The third kappa shape index (κ3) is 2.70. The summed E-state index contributed by atoms with van der Waals surface area (Å²) in [6.07, 6.45) is 0.391. The molecule has 4 amide bonds. The van der Waals surface area contributed by atoms with E-state index >= 15 is 0 Å². The van der Waals surface area contributed by atoms with Crippen LogP contribution in [0.4, 0.5) is 5.13 Å². The summed E-state index contributed by atoms with van der Waals surface area (Å²) in [7, 11) is 1.61. The zero-order chi connectivity index (χ0) is 20.3. The van der Waals surface area contributed by atoms with Gasteiger partial charge in [-0.2, -0.15) is 0 Å². The molecule has 3 aliphatic heterocycles. The van der Waals surface area contributed by atoms with Gasteiger partial charge in [0.2, 0.25) is 23.6 Å². The van der Waals surface area contributed by atoms with Crippen LogP contribution in [0.3, 0.4) is 0 Å². The molecule has 1 atom stereocenters. The molecular weight excluding hydrogens is 396 g/mol. The fourth-order valence-corrected chi connectivity index (χ4v) is 5.28. The highest BCUT2D eigenvalue weighted by molar-refractivity contribution is 7.22. The SMILES string of the molecule is COc1ccc2nc(N3CC4(CC(=O)N(C5CCC(=O)NC5=O)C4=O)C3)sc2c1. The number of benzene rings is 1. The Kier molecular flexibility index (Phi) is 3.89. The number of amides is 4. The summed E-state index contributed by atoms with van der Waals surface area (Å²) < 4.78 is 6.23. The fourth-order valence-electron chi connectivity index (χ4n) is 4.28. The molecule has 3 aliphatic rings.